The molecule has 0 saturated heterocycles. The van der Waals surface area contributed by atoms with Crippen LogP contribution in [0, 0.1) is 0 Å². The Morgan fingerprint density at radius 2 is 1.88 bits per heavy atom. The minimum atomic E-state index is -3.51. The number of rotatable bonds is 6. The van der Waals surface area contributed by atoms with Crippen LogP contribution in [-0.4, -0.2) is 27.5 Å². The van der Waals surface area contributed by atoms with E-state index in [0.29, 0.717) is 19.1 Å². The third kappa shape index (κ3) is 4.63. The van der Waals surface area contributed by atoms with Crippen molar-refractivity contribution in [2.75, 3.05) is 13.1 Å². The van der Waals surface area contributed by atoms with Gasteiger partial charge >= 0.3 is 0 Å². The Morgan fingerprint density at radius 1 is 1.24 bits per heavy atom. The lowest BCUT2D eigenvalue weighted by molar-refractivity contribution is 0.559. The van der Waals surface area contributed by atoms with Gasteiger partial charge in [-0.1, -0.05) is 37.6 Å². The molecule has 0 saturated carbocycles. The van der Waals surface area contributed by atoms with Crippen LogP contribution in [-0.2, 0) is 10.0 Å². The zero-order valence-electron chi connectivity index (χ0n) is 9.90. The molecule has 1 rings (SSSR count). The van der Waals surface area contributed by atoms with Crippen LogP contribution in [0.2, 0.25) is 5.02 Å². The summed E-state index contributed by atoms with van der Waals surface area (Å²) >= 11 is 5.84. The van der Waals surface area contributed by atoms with Crippen LogP contribution in [0.25, 0.3) is 0 Å². The average molecular weight is 277 g/mol. The number of hydrogen-bond donors (Lipinski definition) is 2. The van der Waals surface area contributed by atoms with Crippen molar-refractivity contribution in [2.45, 2.75) is 24.8 Å². The van der Waals surface area contributed by atoms with Gasteiger partial charge in [0, 0.05) is 19.1 Å². The summed E-state index contributed by atoms with van der Waals surface area (Å²) in [4.78, 5) is 0.117. The third-order valence-corrected chi connectivity index (χ3v) is 4.06. The van der Waals surface area contributed by atoms with Gasteiger partial charge in [-0.05, 0) is 12.1 Å². The second kappa shape index (κ2) is 6.35. The van der Waals surface area contributed by atoms with Crippen LogP contribution >= 0.6 is 11.6 Å². The van der Waals surface area contributed by atoms with Crippen molar-refractivity contribution in [1.82, 2.24) is 10.0 Å². The van der Waals surface area contributed by atoms with Crippen molar-refractivity contribution < 1.29 is 8.42 Å². The number of hydrogen-bond acceptors (Lipinski definition) is 3. The Labute approximate surface area is 107 Å². The molecule has 4 nitrogen and oxygen atoms in total. The molecule has 0 heterocycles. The first-order chi connectivity index (χ1) is 7.93. The van der Waals surface area contributed by atoms with E-state index in [-0.39, 0.29) is 9.92 Å². The number of halogens is 1. The van der Waals surface area contributed by atoms with E-state index in [4.69, 9.17) is 11.6 Å². The van der Waals surface area contributed by atoms with Gasteiger partial charge in [0.2, 0.25) is 10.0 Å². The molecule has 1 aromatic rings. The maximum Gasteiger partial charge on any atom is 0.242 e. The van der Waals surface area contributed by atoms with Gasteiger partial charge in [0.1, 0.15) is 4.90 Å². The van der Waals surface area contributed by atoms with Crippen LogP contribution in [0.1, 0.15) is 13.8 Å². The molecule has 0 amide bonds. The molecular weight excluding hydrogens is 260 g/mol. The molecule has 0 radical (unpaired) electrons. The number of benzene rings is 1. The van der Waals surface area contributed by atoms with E-state index in [1.165, 1.54) is 6.07 Å². The highest BCUT2D eigenvalue weighted by molar-refractivity contribution is 7.89. The molecule has 2 N–H and O–H groups in total. The first-order valence-electron chi connectivity index (χ1n) is 5.41. The van der Waals surface area contributed by atoms with E-state index in [0.717, 1.165) is 0 Å². The van der Waals surface area contributed by atoms with Gasteiger partial charge in [0.15, 0.2) is 0 Å². The number of nitrogens with one attached hydrogen (secondary N) is 2. The summed E-state index contributed by atoms with van der Waals surface area (Å²) in [6.07, 6.45) is 0. The molecule has 96 valence electrons. The van der Waals surface area contributed by atoms with Gasteiger partial charge in [0.05, 0.1) is 5.02 Å². The fourth-order valence-electron chi connectivity index (χ4n) is 1.29. The molecule has 17 heavy (non-hydrogen) atoms. The van der Waals surface area contributed by atoms with E-state index >= 15 is 0 Å². The van der Waals surface area contributed by atoms with Crippen LogP contribution in [0.5, 0.6) is 0 Å². The van der Waals surface area contributed by atoms with Crippen LogP contribution < -0.4 is 10.0 Å². The zero-order chi connectivity index (χ0) is 12.9. The van der Waals surface area contributed by atoms with Crippen molar-refractivity contribution in [3.63, 3.8) is 0 Å². The summed E-state index contributed by atoms with van der Waals surface area (Å²) in [7, 11) is -3.51. The predicted octanol–water partition coefficient (Wildman–Crippen LogP) is 1.62. The standard InChI is InChI=1S/C11H17ClN2O2S/c1-9(2)13-7-8-14-17(15,16)11-6-4-3-5-10(11)12/h3-6,9,13-14H,7-8H2,1-2H3. The smallest absolute Gasteiger partial charge is 0.242 e. The quantitative estimate of drug-likeness (QED) is 0.776. The van der Waals surface area contributed by atoms with Crippen molar-refractivity contribution in [3.8, 4) is 0 Å². The molecule has 0 bridgehead atoms. The van der Waals surface area contributed by atoms with Crippen LogP contribution in [0.15, 0.2) is 29.2 Å². The Bertz CT molecular complexity index is 460. The monoisotopic (exact) mass is 276 g/mol. The summed E-state index contributed by atoms with van der Waals surface area (Å²) in [6.45, 7) is 4.93. The Hall–Kier alpha value is -0.620. The minimum Gasteiger partial charge on any atom is -0.313 e. The highest BCUT2D eigenvalue weighted by atomic mass is 35.5. The van der Waals surface area contributed by atoms with Crippen LogP contribution in [0.3, 0.4) is 0 Å². The molecule has 6 heteroatoms. The molecule has 0 spiro atoms. The van der Waals surface area contributed by atoms with E-state index in [2.05, 4.69) is 10.0 Å². The van der Waals surface area contributed by atoms with Crippen molar-refractivity contribution in [2.24, 2.45) is 0 Å². The fraction of sp³-hybridized carbons (Fsp3) is 0.455. The topological polar surface area (TPSA) is 58.2 Å². The second-order valence-corrected chi connectivity index (χ2v) is 6.08. The third-order valence-electron chi connectivity index (χ3n) is 2.10. The van der Waals surface area contributed by atoms with Gasteiger partial charge in [-0.25, -0.2) is 13.1 Å². The van der Waals surface area contributed by atoms with Gasteiger partial charge in [0.25, 0.3) is 0 Å². The number of sulfonamides is 1. The molecule has 0 aliphatic rings. The van der Waals surface area contributed by atoms with Gasteiger partial charge in [-0.3, -0.25) is 0 Å². The summed E-state index contributed by atoms with van der Waals surface area (Å²) in [5, 5.41) is 3.36. The summed E-state index contributed by atoms with van der Waals surface area (Å²) in [6, 6.07) is 6.72. The van der Waals surface area contributed by atoms with E-state index < -0.39 is 10.0 Å². The molecule has 0 aliphatic carbocycles. The Balaban J connectivity index is 2.61. The first-order valence-corrected chi connectivity index (χ1v) is 7.27. The van der Waals surface area contributed by atoms with Crippen molar-refractivity contribution >= 4 is 21.6 Å². The maximum atomic E-state index is 11.9. The molecule has 0 atom stereocenters. The van der Waals surface area contributed by atoms with E-state index in [1.807, 2.05) is 13.8 Å². The largest absolute Gasteiger partial charge is 0.313 e. The molecule has 0 unspecified atom stereocenters. The molecular formula is C11H17ClN2O2S. The Morgan fingerprint density at radius 3 is 2.47 bits per heavy atom. The maximum absolute atomic E-state index is 11.9. The summed E-state index contributed by atoms with van der Waals surface area (Å²) in [5.41, 5.74) is 0. The van der Waals surface area contributed by atoms with Crippen molar-refractivity contribution in [1.29, 1.82) is 0 Å². The molecule has 0 fully saturated rings. The lowest BCUT2D eigenvalue weighted by Gasteiger charge is -2.10. The first kappa shape index (κ1) is 14.4. The second-order valence-electron chi connectivity index (χ2n) is 3.94. The molecule has 1 aromatic carbocycles. The predicted molar refractivity (Wildman–Crippen MR) is 69.8 cm³/mol. The summed E-state index contributed by atoms with van der Waals surface area (Å²) < 4.78 is 26.2. The van der Waals surface area contributed by atoms with Gasteiger partial charge in [-0.15, -0.1) is 0 Å². The highest BCUT2D eigenvalue weighted by Gasteiger charge is 2.16. The van der Waals surface area contributed by atoms with Gasteiger partial charge in [-0.2, -0.15) is 0 Å². The lowest BCUT2D eigenvalue weighted by atomic mass is 10.4. The van der Waals surface area contributed by atoms with Crippen LogP contribution in [0.4, 0.5) is 0 Å². The summed E-state index contributed by atoms with van der Waals surface area (Å²) in [5.74, 6) is 0. The van der Waals surface area contributed by atoms with Crippen molar-refractivity contribution in [3.05, 3.63) is 29.3 Å². The lowest BCUT2D eigenvalue weighted by Crippen LogP contribution is -2.34. The fourth-order valence-corrected chi connectivity index (χ4v) is 2.84. The SMILES string of the molecule is CC(C)NCCNS(=O)(=O)c1ccccc1Cl. The molecule has 0 aromatic heterocycles. The molecule has 0 aliphatic heterocycles. The van der Waals surface area contributed by atoms with E-state index in [1.54, 1.807) is 18.2 Å². The Kier molecular flexibility index (Phi) is 5.39. The van der Waals surface area contributed by atoms with E-state index in [9.17, 15) is 8.42 Å². The average Bonchev–Trinajstić information content (AvgIpc) is 2.24. The zero-order valence-corrected chi connectivity index (χ0v) is 11.5. The highest BCUT2D eigenvalue weighted by Crippen LogP contribution is 2.19. The van der Waals surface area contributed by atoms with Gasteiger partial charge < -0.3 is 5.32 Å². The normalized spacial score (nSPS) is 12.0. The minimum absolute atomic E-state index is 0.117.